The number of carboxylic acids is 1. The Bertz CT molecular complexity index is 161. The molecule has 14 heavy (non-hydrogen) atoms. The summed E-state index contributed by atoms with van der Waals surface area (Å²) in [6, 6.07) is 0. The Balaban J connectivity index is 0. The van der Waals surface area contributed by atoms with Gasteiger partial charge in [0.2, 0.25) is 0 Å². The molecule has 0 aromatic rings. The fourth-order valence-electron chi connectivity index (χ4n) is 0.526. The summed E-state index contributed by atoms with van der Waals surface area (Å²) < 4.78 is 0. The molecule has 4 nitrogen and oxygen atoms in total. The number of rotatable bonds is 3. The van der Waals surface area contributed by atoms with E-state index in [-0.39, 0.29) is 5.54 Å². The Kier molecular flexibility index (Phi) is 7.68. The third-order valence-electron chi connectivity index (χ3n) is 2.24. The van der Waals surface area contributed by atoms with E-state index < -0.39 is 12.1 Å². The van der Waals surface area contributed by atoms with Crippen LogP contribution >= 0.6 is 0 Å². The first kappa shape index (κ1) is 15.8. The highest BCUT2D eigenvalue weighted by atomic mass is 16.4. The quantitative estimate of drug-likeness (QED) is 0.647. The maximum Gasteiger partial charge on any atom is 0.332 e. The molecule has 4 N–H and O–H groups in total. The second kappa shape index (κ2) is 6.79. The van der Waals surface area contributed by atoms with Crippen LogP contribution in [0.3, 0.4) is 0 Å². The molecule has 0 aliphatic carbocycles. The topological polar surface area (TPSA) is 83.5 Å². The number of hydrogen-bond donors (Lipinski definition) is 3. The zero-order valence-corrected chi connectivity index (χ0v) is 9.74. The predicted molar refractivity (Wildman–Crippen MR) is 57.0 cm³/mol. The number of hydrogen-bond acceptors (Lipinski definition) is 3. The second-order valence-corrected chi connectivity index (χ2v) is 4.14. The molecule has 4 heteroatoms. The summed E-state index contributed by atoms with van der Waals surface area (Å²) in [5.41, 5.74) is 5.80. The number of aliphatic carboxylic acids is 1. The first-order valence-corrected chi connectivity index (χ1v) is 4.82. The lowest BCUT2D eigenvalue weighted by Gasteiger charge is -2.25. The van der Waals surface area contributed by atoms with Gasteiger partial charge in [0.05, 0.1) is 0 Å². The number of aliphatic hydroxyl groups is 1. The van der Waals surface area contributed by atoms with Crippen molar-refractivity contribution in [2.24, 2.45) is 11.7 Å². The van der Waals surface area contributed by atoms with Crippen molar-refractivity contribution in [3.8, 4) is 0 Å². The second-order valence-electron chi connectivity index (χ2n) is 4.14. The molecule has 2 atom stereocenters. The summed E-state index contributed by atoms with van der Waals surface area (Å²) >= 11 is 0. The summed E-state index contributed by atoms with van der Waals surface area (Å²) in [7, 11) is 0. The van der Waals surface area contributed by atoms with Gasteiger partial charge in [0.1, 0.15) is 6.10 Å². The Morgan fingerprint density at radius 3 is 1.71 bits per heavy atom. The third kappa shape index (κ3) is 9.48. The standard InChI is InChI=1S/C7H17N.C3H6O3/c1-5-6(2)7(3,4)8;1-2(4)3(5)6/h6H,5,8H2,1-4H3;2,4H,1H3,(H,5,6). The largest absolute Gasteiger partial charge is 0.479 e. The molecule has 0 spiro atoms. The van der Waals surface area contributed by atoms with Gasteiger partial charge >= 0.3 is 5.97 Å². The van der Waals surface area contributed by atoms with Crippen molar-refractivity contribution in [2.45, 2.75) is 52.7 Å². The van der Waals surface area contributed by atoms with Crippen LogP contribution in [-0.2, 0) is 4.79 Å². The molecular weight excluding hydrogens is 182 g/mol. The first-order chi connectivity index (χ1) is 6.12. The smallest absolute Gasteiger partial charge is 0.332 e. The van der Waals surface area contributed by atoms with Crippen LogP contribution < -0.4 is 5.73 Å². The average molecular weight is 205 g/mol. The number of carbonyl (C=O) groups is 1. The zero-order valence-electron chi connectivity index (χ0n) is 9.74. The van der Waals surface area contributed by atoms with Gasteiger partial charge in [-0.3, -0.25) is 0 Å². The molecule has 0 rings (SSSR count). The van der Waals surface area contributed by atoms with Crippen LogP contribution in [0.4, 0.5) is 0 Å². The van der Waals surface area contributed by atoms with Crippen molar-refractivity contribution in [3.05, 3.63) is 0 Å². The lowest BCUT2D eigenvalue weighted by molar-refractivity contribution is -0.145. The SMILES string of the molecule is CC(O)C(=O)O.CCC(C)C(C)(C)N. The van der Waals surface area contributed by atoms with E-state index in [4.69, 9.17) is 15.9 Å². The molecule has 0 saturated carbocycles. The lowest BCUT2D eigenvalue weighted by Crippen LogP contribution is -2.38. The predicted octanol–water partition coefficient (Wildman–Crippen LogP) is 1.22. The average Bonchev–Trinajstić information content (AvgIpc) is 2.02. The molecule has 0 aliphatic heterocycles. The van der Waals surface area contributed by atoms with Crippen molar-refractivity contribution < 1.29 is 15.0 Å². The van der Waals surface area contributed by atoms with E-state index in [0.717, 1.165) is 0 Å². The Morgan fingerprint density at radius 1 is 1.43 bits per heavy atom. The van der Waals surface area contributed by atoms with Crippen molar-refractivity contribution in [1.82, 2.24) is 0 Å². The van der Waals surface area contributed by atoms with Gasteiger partial charge in [-0.15, -0.1) is 0 Å². The van der Waals surface area contributed by atoms with Crippen molar-refractivity contribution in [3.63, 3.8) is 0 Å². The monoisotopic (exact) mass is 205 g/mol. The summed E-state index contributed by atoms with van der Waals surface area (Å²) in [4.78, 5) is 9.45. The van der Waals surface area contributed by atoms with E-state index in [1.54, 1.807) is 0 Å². The van der Waals surface area contributed by atoms with Crippen LogP contribution in [0.15, 0.2) is 0 Å². The molecule has 0 radical (unpaired) electrons. The van der Waals surface area contributed by atoms with Crippen molar-refractivity contribution in [2.75, 3.05) is 0 Å². The normalized spacial score (nSPS) is 15.1. The van der Waals surface area contributed by atoms with Gasteiger partial charge in [0.15, 0.2) is 0 Å². The molecule has 0 fully saturated rings. The van der Waals surface area contributed by atoms with E-state index in [9.17, 15) is 4.79 Å². The molecular formula is C10H23NO3. The summed E-state index contributed by atoms with van der Waals surface area (Å²) in [6.45, 7) is 9.68. The van der Waals surface area contributed by atoms with Crippen LogP contribution in [0, 0.1) is 5.92 Å². The van der Waals surface area contributed by atoms with Crippen LogP contribution in [0.25, 0.3) is 0 Å². The van der Waals surface area contributed by atoms with Gasteiger partial charge in [0.25, 0.3) is 0 Å². The summed E-state index contributed by atoms with van der Waals surface area (Å²) in [5, 5.41) is 15.8. The van der Waals surface area contributed by atoms with Crippen molar-refractivity contribution >= 4 is 5.97 Å². The highest BCUT2D eigenvalue weighted by Crippen LogP contribution is 2.14. The Labute approximate surface area is 86.1 Å². The molecule has 0 saturated heterocycles. The fourth-order valence-corrected chi connectivity index (χ4v) is 0.526. The van der Waals surface area contributed by atoms with Crippen LogP contribution in [-0.4, -0.2) is 27.8 Å². The molecule has 0 aromatic carbocycles. The number of nitrogens with two attached hydrogens (primary N) is 1. The van der Waals surface area contributed by atoms with Gasteiger partial charge in [-0.05, 0) is 26.7 Å². The maximum atomic E-state index is 9.45. The van der Waals surface area contributed by atoms with Gasteiger partial charge in [0, 0.05) is 5.54 Å². The van der Waals surface area contributed by atoms with E-state index in [0.29, 0.717) is 5.92 Å². The van der Waals surface area contributed by atoms with Gasteiger partial charge in [-0.25, -0.2) is 4.79 Å². The molecule has 0 aromatic heterocycles. The van der Waals surface area contributed by atoms with Crippen LogP contribution in [0.1, 0.15) is 41.0 Å². The number of carboxylic acid groups (broad SMARTS) is 1. The lowest BCUT2D eigenvalue weighted by atomic mass is 9.88. The van der Waals surface area contributed by atoms with Crippen molar-refractivity contribution in [1.29, 1.82) is 0 Å². The Morgan fingerprint density at radius 2 is 1.71 bits per heavy atom. The third-order valence-corrected chi connectivity index (χ3v) is 2.24. The van der Waals surface area contributed by atoms with Gasteiger partial charge < -0.3 is 15.9 Å². The molecule has 0 amide bonds. The Hall–Kier alpha value is -0.610. The van der Waals surface area contributed by atoms with E-state index in [2.05, 4.69) is 27.7 Å². The highest BCUT2D eigenvalue weighted by Gasteiger charge is 2.17. The molecule has 0 bridgehead atoms. The van der Waals surface area contributed by atoms with Crippen LogP contribution in [0.5, 0.6) is 0 Å². The highest BCUT2D eigenvalue weighted by molar-refractivity contribution is 5.71. The summed E-state index contributed by atoms with van der Waals surface area (Å²) in [6.07, 6.45) is -0.0613. The summed E-state index contributed by atoms with van der Waals surface area (Å²) in [5.74, 6) is -0.558. The minimum Gasteiger partial charge on any atom is -0.479 e. The molecule has 86 valence electrons. The minimum atomic E-state index is -1.23. The molecule has 2 unspecified atom stereocenters. The maximum absolute atomic E-state index is 9.45. The molecule has 0 heterocycles. The van der Waals surface area contributed by atoms with E-state index in [1.807, 2.05) is 0 Å². The fraction of sp³-hybridized carbons (Fsp3) is 0.900. The van der Waals surface area contributed by atoms with E-state index >= 15 is 0 Å². The van der Waals surface area contributed by atoms with Crippen LogP contribution in [0.2, 0.25) is 0 Å². The van der Waals surface area contributed by atoms with Gasteiger partial charge in [-0.2, -0.15) is 0 Å². The van der Waals surface area contributed by atoms with Gasteiger partial charge in [-0.1, -0.05) is 20.3 Å². The molecule has 0 aliphatic rings. The van der Waals surface area contributed by atoms with E-state index in [1.165, 1.54) is 13.3 Å². The minimum absolute atomic E-state index is 0.00868. The first-order valence-electron chi connectivity index (χ1n) is 4.82. The zero-order chi connectivity index (χ0) is 11.9. The number of aliphatic hydroxyl groups excluding tert-OH is 1.